The number of halogens is 1. The summed E-state index contributed by atoms with van der Waals surface area (Å²) in [6.07, 6.45) is 0.807. The topological polar surface area (TPSA) is 61.3 Å². The van der Waals surface area contributed by atoms with E-state index in [4.69, 9.17) is 16.2 Å². The maximum Gasteiger partial charge on any atom is 0.119 e. The van der Waals surface area contributed by atoms with Gasteiger partial charge in [0.15, 0.2) is 0 Å². The number of benzene rings is 2. The van der Waals surface area contributed by atoms with Crippen molar-refractivity contribution in [2.24, 2.45) is 11.5 Å². The standard InChI is InChI=1S/C14H18N2O.ClH/c1-17-13-5-4-10-8-12(14(16)6-7-15)3-2-11(10)9-13;/h2-5,8-9,14H,6-7,15-16H2,1H3;1H/t14-;/m1./s1. The lowest BCUT2D eigenvalue weighted by Gasteiger charge is -2.12. The minimum atomic E-state index is 0. The highest BCUT2D eigenvalue weighted by molar-refractivity contribution is 5.85. The average Bonchev–Trinajstić information content (AvgIpc) is 2.37. The van der Waals surface area contributed by atoms with Crippen molar-refractivity contribution in [3.63, 3.8) is 0 Å². The highest BCUT2D eigenvalue weighted by atomic mass is 35.5. The van der Waals surface area contributed by atoms with Crippen LogP contribution >= 0.6 is 12.4 Å². The van der Waals surface area contributed by atoms with Gasteiger partial charge in [-0.25, -0.2) is 0 Å². The Hall–Kier alpha value is -1.29. The van der Waals surface area contributed by atoms with E-state index in [1.807, 2.05) is 18.2 Å². The number of fused-ring (bicyclic) bond motifs is 1. The van der Waals surface area contributed by atoms with Gasteiger partial charge in [0.2, 0.25) is 0 Å². The molecule has 0 aliphatic carbocycles. The molecule has 0 fully saturated rings. The fourth-order valence-corrected chi connectivity index (χ4v) is 1.95. The van der Waals surface area contributed by atoms with Crippen molar-refractivity contribution < 1.29 is 4.74 Å². The van der Waals surface area contributed by atoms with Crippen molar-refractivity contribution in [1.82, 2.24) is 0 Å². The molecule has 0 amide bonds. The molecule has 0 aliphatic heterocycles. The normalized spacial score (nSPS) is 11.9. The highest BCUT2D eigenvalue weighted by Crippen LogP contribution is 2.24. The van der Waals surface area contributed by atoms with Crippen LogP contribution in [0.4, 0.5) is 0 Å². The zero-order valence-corrected chi connectivity index (χ0v) is 11.2. The summed E-state index contributed by atoms with van der Waals surface area (Å²) in [6, 6.07) is 12.3. The molecule has 0 aromatic heterocycles. The summed E-state index contributed by atoms with van der Waals surface area (Å²) in [5, 5.41) is 2.34. The summed E-state index contributed by atoms with van der Waals surface area (Å²) in [7, 11) is 1.67. The van der Waals surface area contributed by atoms with Crippen molar-refractivity contribution >= 4 is 23.2 Å². The van der Waals surface area contributed by atoms with Crippen molar-refractivity contribution in [2.75, 3.05) is 13.7 Å². The second kappa shape index (κ2) is 6.59. The molecule has 98 valence electrons. The first-order valence-corrected chi connectivity index (χ1v) is 5.78. The van der Waals surface area contributed by atoms with Crippen molar-refractivity contribution in [1.29, 1.82) is 0 Å². The van der Waals surface area contributed by atoms with E-state index in [2.05, 4.69) is 18.2 Å². The predicted octanol–water partition coefficient (Wildman–Crippen LogP) is 2.62. The van der Waals surface area contributed by atoms with Crippen molar-refractivity contribution in [3.8, 4) is 5.75 Å². The average molecular weight is 267 g/mol. The van der Waals surface area contributed by atoms with E-state index in [9.17, 15) is 0 Å². The first-order valence-electron chi connectivity index (χ1n) is 5.78. The third kappa shape index (κ3) is 3.13. The molecule has 0 radical (unpaired) electrons. The summed E-state index contributed by atoms with van der Waals surface area (Å²) in [4.78, 5) is 0. The molecule has 0 unspecified atom stereocenters. The molecule has 0 saturated heterocycles. The van der Waals surface area contributed by atoms with E-state index in [1.54, 1.807) is 7.11 Å². The van der Waals surface area contributed by atoms with Gasteiger partial charge in [0.25, 0.3) is 0 Å². The Balaban J connectivity index is 0.00000162. The van der Waals surface area contributed by atoms with Gasteiger partial charge < -0.3 is 16.2 Å². The third-order valence-corrected chi connectivity index (χ3v) is 2.98. The molecule has 0 saturated carbocycles. The van der Waals surface area contributed by atoms with Gasteiger partial charge in [-0.1, -0.05) is 18.2 Å². The quantitative estimate of drug-likeness (QED) is 0.894. The summed E-state index contributed by atoms with van der Waals surface area (Å²) < 4.78 is 5.20. The molecule has 2 aromatic carbocycles. The lowest BCUT2D eigenvalue weighted by Crippen LogP contribution is -2.15. The van der Waals surface area contributed by atoms with E-state index in [1.165, 1.54) is 5.39 Å². The number of ether oxygens (including phenoxy) is 1. The summed E-state index contributed by atoms with van der Waals surface area (Å²) in [5.41, 5.74) is 12.7. The van der Waals surface area contributed by atoms with Gasteiger partial charge in [0.05, 0.1) is 7.11 Å². The fourth-order valence-electron chi connectivity index (χ4n) is 1.95. The Morgan fingerprint density at radius 3 is 2.44 bits per heavy atom. The van der Waals surface area contributed by atoms with E-state index in [-0.39, 0.29) is 18.4 Å². The molecule has 2 rings (SSSR count). The molecule has 0 spiro atoms. The van der Waals surface area contributed by atoms with Crippen LogP contribution in [-0.2, 0) is 0 Å². The number of hydrogen-bond donors (Lipinski definition) is 2. The number of hydrogen-bond acceptors (Lipinski definition) is 3. The van der Waals surface area contributed by atoms with E-state index < -0.39 is 0 Å². The van der Waals surface area contributed by atoms with Crippen molar-refractivity contribution in [2.45, 2.75) is 12.5 Å². The highest BCUT2D eigenvalue weighted by Gasteiger charge is 2.05. The summed E-state index contributed by atoms with van der Waals surface area (Å²) >= 11 is 0. The van der Waals surface area contributed by atoms with Gasteiger partial charge in [-0.2, -0.15) is 0 Å². The Morgan fingerprint density at radius 2 is 1.78 bits per heavy atom. The molecule has 4 N–H and O–H groups in total. The number of methoxy groups -OCH3 is 1. The third-order valence-electron chi connectivity index (χ3n) is 2.98. The molecule has 0 bridgehead atoms. The van der Waals surface area contributed by atoms with Gasteiger partial charge in [-0.05, 0) is 47.5 Å². The zero-order chi connectivity index (χ0) is 12.3. The van der Waals surface area contributed by atoms with Crippen LogP contribution in [-0.4, -0.2) is 13.7 Å². The Bertz CT molecular complexity index is 516. The van der Waals surface area contributed by atoms with Crippen LogP contribution in [0.3, 0.4) is 0 Å². The summed E-state index contributed by atoms with van der Waals surface area (Å²) in [6.45, 7) is 0.613. The smallest absolute Gasteiger partial charge is 0.119 e. The number of nitrogens with two attached hydrogens (primary N) is 2. The monoisotopic (exact) mass is 266 g/mol. The van der Waals surface area contributed by atoms with Gasteiger partial charge in [0, 0.05) is 6.04 Å². The lowest BCUT2D eigenvalue weighted by atomic mass is 10.0. The molecule has 18 heavy (non-hydrogen) atoms. The minimum Gasteiger partial charge on any atom is -0.497 e. The fraction of sp³-hybridized carbons (Fsp3) is 0.286. The van der Waals surface area contributed by atoms with Crippen LogP contribution in [0.25, 0.3) is 10.8 Å². The zero-order valence-electron chi connectivity index (χ0n) is 10.4. The Morgan fingerprint density at radius 1 is 1.11 bits per heavy atom. The molecule has 2 aromatic rings. The first kappa shape index (κ1) is 14.8. The van der Waals surface area contributed by atoms with E-state index >= 15 is 0 Å². The van der Waals surface area contributed by atoms with Crippen LogP contribution in [0.15, 0.2) is 36.4 Å². The van der Waals surface area contributed by atoms with E-state index in [0.717, 1.165) is 23.1 Å². The molecule has 1 atom stereocenters. The SMILES string of the molecule is COc1ccc2cc([C@H](N)CCN)ccc2c1.Cl. The van der Waals surface area contributed by atoms with E-state index in [0.29, 0.717) is 6.54 Å². The van der Waals surface area contributed by atoms with Gasteiger partial charge in [-0.15, -0.1) is 12.4 Å². The summed E-state index contributed by atoms with van der Waals surface area (Å²) in [5.74, 6) is 0.872. The molecule has 0 aliphatic rings. The van der Waals surface area contributed by atoms with Crippen LogP contribution in [0.2, 0.25) is 0 Å². The second-order valence-electron chi connectivity index (χ2n) is 4.16. The van der Waals surface area contributed by atoms with Gasteiger partial charge in [0.1, 0.15) is 5.75 Å². The number of rotatable bonds is 4. The van der Waals surface area contributed by atoms with Gasteiger partial charge >= 0.3 is 0 Å². The first-order chi connectivity index (χ1) is 8.24. The molecular formula is C14H19ClN2O. The lowest BCUT2D eigenvalue weighted by molar-refractivity contribution is 0.415. The predicted molar refractivity (Wildman–Crippen MR) is 78.3 cm³/mol. The Kier molecular flexibility index (Phi) is 5.41. The minimum absolute atomic E-state index is 0. The van der Waals surface area contributed by atoms with Crippen LogP contribution in [0.1, 0.15) is 18.0 Å². The van der Waals surface area contributed by atoms with Gasteiger partial charge in [-0.3, -0.25) is 0 Å². The van der Waals surface area contributed by atoms with Crippen LogP contribution < -0.4 is 16.2 Å². The molecule has 4 heteroatoms. The Labute approximate surface area is 114 Å². The molecule has 0 heterocycles. The van der Waals surface area contributed by atoms with Crippen LogP contribution in [0.5, 0.6) is 5.75 Å². The van der Waals surface area contributed by atoms with Crippen LogP contribution in [0, 0.1) is 0 Å². The second-order valence-corrected chi connectivity index (χ2v) is 4.16. The van der Waals surface area contributed by atoms with Crippen molar-refractivity contribution in [3.05, 3.63) is 42.0 Å². The molecule has 3 nitrogen and oxygen atoms in total. The maximum absolute atomic E-state index is 6.05. The maximum atomic E-state index is 6.05. The molecular weight excluding hydrogens is 248 g/mol. The largest absolute Gasteiger partial charge is 0.497 e.